The van der Waals surface area contributed by atoms with Crippen LogP contribution in [-0.2, 0) is 12.4 Å². The summed E-state index contributed by atoms with van der Waals surface area (Å²) in [6.07, 6.45) is -10.1. The van der Waals surface area contributed by atoms with Gasteiger partial charge in [0.05, 0.1) is 56.2 Å². The van der Waals surface area contributed by atoms with Crippen LogP contribution in [0.2, 0.25) is 0 Å². The molecule has 0 atom stereocenters. The van der Waals surface area contributed by atoms with Crippen LogP contribution in [0.15, 0.2) is 188 Å². The van der Waals surface area contributed by atoms with Gasteiger partial charge in [0.25, 0.3) is 0 Å². The van der Waals surface area contributed by atoms with E-state index in [0.717, 1.165) is 83.1 Å². The summed E-state index contributed by atoms with van der Waals surface area (Å²) in [6.45, 7) is 4.07. The lowest BCUT2D eigenvalue weighted by atomic mass is 9.92. The van der Waals surface area contributed by atoms with Gasteiger partial charge in [-0.2, -0.15) is 31.6 Å². The Bertz CT molecular complexity index is 3840. The number of halogens is 6. The zero-order valence-corrected chi connectivity index (χ0v) is 36.5. The zero-order valence-electron chi connectivity index (χ0n) is 36.5. The highest BCUT2D eigenvalue weighted by Gasteiger charge is 2.38. The molecule has 330 valence electrons. The number of hydrogen-bond acceptors (Lipinski definition) is 1. The molecule has 0 saturated carbocycles. The molecule has 0 unspecified atom stereocenters. The summed E-state index contributed by atoms with van der Waals surface area (Å²) in [5, 5.41) is 14.1. The third-order valence-electron chi connectivity index (χ3n) is 13.0. The average Bonchev–Trinajstić information content (AvgIpc) is 3.85. The standard InChI is InChI=1S/C59H37F6N3/c1-35-11-16-38(17-12-35)40-21-27-54-49(30-40)45-7-3-5-9-52(45)67(54)56-29-37(34-66)15-24-47(56)48-25-20-42(44-26-23-43(58(60,61)62)33-51(44)59(63,64)65)32-57(48)68-53-10-6-4-8-46(53)50-31-41(22-28-55(50)68)39-18-13-36(2)14-19-39/h3-33H,1-2H3. The highest BCUT2D eigenvalue weighted by Crippen LogP contribution is 2.46. The van der Waals surface area contributed by atoms with Crippen LogP contribution in [0.5, 0.6) is 0 Å². The fraction of sp³-hybridized carbons (Fsp3) is 0.0678. The first-order valence-corrected chi connectivity index (χ1v) is 21.9. The van der Waals surface area contributed by atoms with Crippen molar-refractivity contribution in [2.75, 3.05) is 0 Å². The smallest absolute Gasteiger partial charge is 0.309 e. The van der Waals surface area contributed by atoms with E-state index in [9.17, 15) is 31.6 Å². The van der Waals surface area contributed by atoms with Crippen molar-refractivity contribution in [2.45, 2.75) is 26.2 Å². The predicted octanol–water partition coefficient (Wildman–Crippen LogP) is 17.1. The molecule has 68 heavy (non-hydrogen) atoms. The molecule has 0 aliphatic rings. The van der Waals surface area contributed by atoms with Gasteiger partial charge in [0.2, 0.25) is 0 Å². The molecule has 0 N–H and O–H groups in total. The van der Waals surface area contributed by atoms with Crippen molar-refractivity contribution < 1.29 is 26.3 Å². The Morgan fingerprint density at radius 2 is 0.824 bits per heavy atom. The minimum atomic E-state index is -5.11. The predicted molar refractivity (Wildman–Crippen MR) is 261 cm³/mol. The van der Waals surface area contributed by atoms with Crippen LogP contribution < -0.4 is 0 Å². The largest absolute Gasteiger partial charge is 0.417 e. The van der Waals surface area contributed by atoms with Crippen LogP contribution in [-0.4, -0.2) is 9.13 Å². The Hall–Kier alpha value is -8.35. The lowest BCUT2D eigenvalue weighted by molar-refractivity contribution is -0.142. The van der Waals surface area contributed by atoms with Gasteiger partial charge in [-0.25, -0.2) is 0 Å². The van der Waals surface area contributed by atoms with E-state index < -0.39 is 29.0 Å². The van der Waals surface area contributed by atoms with Gasteiger partial charge in [-0.1, -0.05) is 132 Å². The summed E-state index contributed by atoms with van der Waals surface area (Å²) < 4.78 is 90.7. The van der Waals surface area contributed by atoms with Crippen LogP contribution in [0.25, 0.3) is 99.5 Å². The van der Waals surface area contributed by atoms with E-state index in [1.807, 2.05) is 97.3 Å². The Morgan fingerprint density at radius 3 is 1.32 bits per heavy atom. The molecule has 0 spiro atoms. The van der Waals surface area contributed by atoms with Crippen molar-refractivity contribution in [3.63, 3.8) is 0 Å². The number of nitrogens with zero attached hydrogens (tertiary/aromatic N) is 3. The van der Waals surface area contributed by atoms with E-state index in [2.05, 4.69) is 77.4 Å². The number of alkyl halides is 6. The van der Waals surface area contributed by atoms with Gasteiger partial charge in [0.1, 0.15) is 0 Å². The number of rotatable bonds is 6. The molecule has 0 saturated heterocycles. The second kappa shape index (κ2) is 15.9. The topological polar surface area (TPSA) is 33.6 Å². The molecule has 0 aliphatic heterocycles. The molecule has 11 rings (SSSR count). The summed E-state index contributed by atoms with van der Waals surface area (Å²) in [7, 11) is 0. The number of hydrogen-bond donors (Lipinski definition) is 0. The number of aromatic nitrogens is 2. The van der Waals surface area contributed by atoms with E-state index in [1.54, 1.807) is 18.2 Å². The quantitative estimate of drug-likeness (QED) is 0.153. The van der Waals surface area contributed by atoms with Crippen molar-refractivity contribution in [3.8, 4) is 62.0 Å². The summed E-state index contributed by atoms with van der Waals surface area (Å²) in [5.74, 6) is 0. The van der Waals surface area contributed by atoms with Crippen molar-refractivity contribution >= 4 is 43.6 Å². The summed E-state index contributed by atoms with van der Waals surface area (Å²) >= 11 is 0. The van der Waals surface area contributed by atoms with E-state index >= 15 is 0 Å². The summed E-state index contributed by atoms with van der Waals surface area (Å²) in [4.78, 5) is 0. The first kappa shape index (κ1) is 42.3. The fourth-order valence-corrected chi connectivity index (χ4v) is 9.65. The average molecular weight is 902 g/mol. The Morgan fingerprint density at radius 1 is 0.382 bits per heavy atom. The van der Waals surface area contributed by atoms with Gasteiger partial charge in [-0.05, 0) is 114 Å². The molecule has 9 aromatic carbocycles. The Balaban J connectivity index is 1.22. The monoisotopic (exact) mass is 901 g/mol. The van der Waals surface area contributed by atoms with Crippen LogP contribution >= 0.6 is 0 Å². The lowest BCUT2D eigenvalue weighted by Gasteiger charge is -2.21. The third kappa shape index (κ3) is 7.17. The molecule has 11 aromatic rings. The zero-order chi connectivity index (χ0) is 47.1. The van der Waals surface area contributed by atoms with Crippen molar-refractivity contribution in [1.82, 2.24) is 9.13 Å². The second-order valence-electron chi connectivity index (χ2n) is 17.2. The maximum atomic E-state index is 14.9. The molecule has 0 aliphatic carbocycles. The SMILES string of the molecule is Cc1ccc(-c2ccc3c(c2)c2ccccc2n3-c2cc(C#N)ccc2-c2ccc(-c3ccc(C(F)(F)F)cc3C(F)(F)F)cc2-n2c3ccccc3c3cc(-c4ccc(C)cc4)ccc32)cc1. The third-order valence-corrected chi connectivity index (χ3v) is 13.0. The molecule has 9 heteroatoms. The Kier molecular flexibility index (Phi) is 9.90. The number of benzene rings is 9. The van der Waals surface area contributed by atoms with Crippen LogP contribution in [0.4, 0.5) is 26.3 Å². The van der Waals surface area contributed by atoms with Crippen molar-refractivity contribution in [1.29, 1.82) is 5.26 Å². The van der Waals surface area contributed by atoms with Gasteiger partial charge in [0.15, 0.2) is 0 Å². The van der Waals surface area contributed by atoms with Gasteiger partial charge in [-0.3, -0.25) is 0 Å². The van der Waals surface area contributed by atoms with Crippen LogP contribution in [0.1, 0.15) is 27.8 Å². The molecular formula is C59H37F6N3. The highest BCUT2D eigenvalue weighted by atomic mass is 19.4. The first-order valence-electron chi connectivity index (χ1n) is 21.9. The van der Waals surface area contributed by atoms with Crippen molar-refractivity contribution in [3.05, 3.63) is 216 Å². The number of para-hydroxylation sites is 2. The maximum Gasteiger partial charge on any atom is 0.417 e. The van der Waals surface area contributed by atoms with Crippen LogP contribution in [0, 0.1) is 25.2 Å². The summed E-state index contributed by atoms with van der Waals surface area (Å²) in [5.41, 5.74) is 9.32. The first-order chi connectivity index (χ1) is 32.7. The van der Waals surface area contributed by atoms with E-state index in [0.29, 0.717) is 34.1 Å². The lowest BCUT2D eigenvalue weighted by Crippen LogP contribution is -2.12. The van der Waals surface area contributed by atoms with Gasteiger partial charge < -0.3 is 9.13 Å². The van der Waals surface area contributed by atoms with Crippen LogP contribution in [0.3, 0.4) is 0 Å². The molecule has 3 nitrogen and oxygen atoms in total. The molecule has 0 radical (unpaired) electrons. The van der Waals surface area contributed by atoms with Crippen molar-refractivity contribution in [2.24, 2.45) is 0 Å². The Labute approximate surface area is 387 Å². The molecule has 2 heterocycles. The molecule has 0 bridgehead atoms. The molecule has 0 amide bonds. The minimum absolute atomic E-state index is 0.0719. The second-order valence-corrected chi connectivity index (χ2v) is 17.2. The number of aryl methyl sites for hydroxylation is 2. The van der Waals surface area contributed by atoms with Gasteiger partial charge >= 0.3 is 12.4 Å². The summed E-state index contributed by atoms with van der Waals surface area (Å²) in [6, 6.07) is 59.2. The number of nitriles is 1. The van der Waals surface area contributed by atoms with E-state index in [4.69, 9.17) is 0 Å². The van der Waals surface area contributed by atoms with Gasteiger partial charge in [-0.15, -0.1) is 0 Å². The maximum absolute atomic E-state index is 14.9. The normalized spacial score (nSPS) is 12.1. The minimum Gasteiger partial charge on any atom is -0.309 e. The van der Waals surface area contributed by atoms with E-state index in [-0.39, 0.29) is 11.6 Å². The number of fused-ring (bicyclic) bond motifs is 6. The van der Waals surface area contributed by atoms with E-state index in [1.165, 1.54) is 6.07 Å². The van der Waals surface area contributed by atoms with Gasteiger partial charge in [0, 0.05) is 32.7 Å². The molecule has 0 fully saturated rings. The highest BCUT2D eigenvalue weighted by molar-refractivity contribution is 6.13. The molecular weight excluding hydrogens is 865 g/mol. The molecule has 2 aromatic heterocycles. The fourth-order valence-electron chi connectivity index (χ4n) is 9.65.